The van der Waals surface area contributed by atoms with Crippen LogP contribution in [0.3, 0.4) is 0 Å². The van der Waals surface area contributed by atoms with Gasteiger partial charge in [0.1, 0.15) is 12.2 Å². The lowest BCUT2D eigenvalue weighted by molar-refractivity contribution is -0.0909. The van der Waals surface area contributed by atoms with E-state index in [0.717, 1.165) is 12.8 Å². The molecule has 0 aromatic rings. The minimum absolute atomic E-state index is 0.101. The average Bonchev–Trinajstić information content (AvgIpc) is 3.70. The van der Waals surface area contributed by atoms with Gasteiger partial charge < -0.3 is 55.0 Å². The van der Waals surface area contributed by atoms with E-state index in [4.69, 9.17) is 34.2 Å². The van der Waals surface area contributed by atoms with E-state index in [1.807, 2.05) is 20.8 Å². The number of fused-ring (bicyclic) bond motifs is 2. The Balaban J connectivity index is 0.000000211. The molecule has 2 amide bonds. The standard InChI is InChI=1S/C13H23NO5.C12H22N2O5/c1-3-9(10(15)4-2)14-13(16)19-11-7-18-12-8(11)5-6-17-12;1-2-8(9(15)5-13)14-12(16)19-10-6-18-11-7(10)3-4-17-11/h8-12,15H,3-7H2,1-2H3,(H,14,16);7-11,15H,2-6,13H2,1H3,(H,14,16)/t8-,9-,10+,11-,12+;7-,8-,9+,10-,11+/m00/s1. The van der Waals surface area contributed by atoms with E-state index >= 15 is 0 Å². The van der Waals surface area contributed by atoms with Crippen molar-refractivity contribution in [3.63, 3.8) is 0 Å². The van der Waals surface area contributed by atoms with Crippen LogP contribution in [-0.4, -0.2) is 104 Å². The first-order valence-corrected chi connectivity index (χ1v) is 13.8. The van der Waals surface area contributed by atoms with Crippen LogP contribution in [0.1, 0.15) is 52.9 Å². The smallest absolute Gasteiger partial charge is 0.407 e. The molecule has 0 spiro atoms. The van der Waals surface area contributed by atoms with Gasteiger partial charge in [0.05, 0.1) is 62.6 Å². The molecule has 4 rings (SSSR count). The Kier molecular flexibility index (Phi) is 12.3. The number of hydrogen-bond donors (Lipinski definition) is 5. The van der Waals surface area contributed by atoms with Crippen LogP contribution in [-0.2, 0) is 28.4 Å². The zero-order valence-corrected chi connectivity index (χ0v) is 22.6. The van der Waals surface area contributed by atoms with Crippen molar-refractivity contribution in [1.29, 1.82) is 0 Å². The minimum Gasteiger partial charge on any atom is -0.443 e. The van der Waals surface area contributed by atoms with Crippen molar-refractivity contribution in [1.82, 2.24) is 10.6 Å². The fourth-order valence-corrected chi connectivity index (χ4v) is 5.13. The first-order chi connectivity index (χ1) is 18.3. The number of rotatable bonds is 10. The summed E-state index contributed by atoms with van der Waals surface area (Å²) >= 11 is 0. The molecular formula is C25H45N3O10. The van der Waals surface area contributed by atoms with Gasteiger partial charge in [0.15, 0.2) is 12.6 Å². The number of carbonyl (C=O) groups excluding carboxylic acids is 2. The van der Waals surface area contributed by atoms with E-state index in [9.17, 15) is 19.8 Å². The molecule has 6 N–H and O–H groups in total. The molecule has 13 nitrogen and oxygen atoms in total. The number of alkyl carbamates (subject to hydrolysis) is 2. The first kappa shape index (κ1) is 30.8. The molecule has 4 saturated heterocycles. The summed E-state index contributed by atoms with van der Waals surface area (Å²) < 4.78 is 32.3. The van der Waals surface area contributed by atoms with Crippen molar-refractivity contribution in [3.05, 3.63) is 0 Å². The molecule has 13 heteroatoms. The van der Waals surface area contributed by atoms with E-state index in [1.165, 1.54) is 0 Å². The van der Waals surface area contributed by atoms with Gasteiger partial charge in [-0.3, -0.25) is 0 Å². The highest BCUT2D eigenvalue weighted by atomic mass is 16.7. The number of hydrogen-bond acceptors (Lipinski definition) is 11. The van der Waals surface area contributed by atoms with Gasteiger partial charge in [-0.15, -0.1) is 0 Å². The van der Waals surface area contributed by atoms with Gasteiger partial charge in [0, 0.05) is 6.54 Å². The van der Waals surface area contributed by atoms with Crippen molar-refractivity contribution >= 4 is 12.2 Å². The number of ether oxygens (including phenoxy) is 6. The Labute approximate surface area is 224 Å². The van der Waals surface area contributed by atoms with Crippen molar-refractivity contribution in [2.75, 3.05) is 33.0 Å². The largest absolute Gasteiger partial charge is 0.443 e. The molecule has 38 heavy (non-hydrogen) atoms. The molecule has 0 unspecified atom stereocenters. The van der Waals surface area contributed by atoms with Crippen LogP contribution < -0.4 is 16.4 Å². The molecule has 0 radical (unpaired) electrons. The number of aliphatic hydroxyl groups is 2. The Morgan fingerprint density at radius 2 is 1.24 bits per heavy atom. The highest BCUT2D eigenvalue weighted by Crippen LogP contribution is 2.33. The number of nitrogens with one attached hydrogen (secondary N) is 2. The van der Waals surface area contributed by atoms with Crippen LogP contribution in [0, 0.1) is 11.8 Å². The molecule has 4 fully saturated rings. The quantitative estimate of drug-likeness (QED) is 0.258. The second kappa shape index (κ2) is 15.2. The van der Waals surface area contributed by atoms with E-state index in [2.05, 4.69) is 10.6 Å². The minimum atomic E-state index is -0.764. The average molecular weight is 548 g/mol. The number of carbonyl (C=O) groups is 2. The normalized spacial score (nSPS) is 32.7. The van der Waals surface area contributed by atoms with Crippen LogP contribution in [0.2, 0.25) is 0 Å². The topological polar surface area (TPSA) is 180 Å². The van der Waals surface area contributed by atoms with Crippen LogP contribution >= 0.6 is 0 Å². The maximum atomic E-state index is 11.8. The second-order valence-electron chi connectivity index (χ2n) is 10.0. The third-order valence-electron chi connectivity index (χ3n) is 7.56. The molecule has 10 atom stereocenters. The number of nitrogens with two attached hydrogens (primary N) is 1. The summed E-state index contributed by atoms with van der Waals surface area (Å²) in [5, 5.41) is 24.8. The summed E-state index contributed by atoms with van der Waals surface area (Å²) in [6.45, 7) is 7.81. The Bertz CT molecular complexity index is 686. The summed E-state index contributed by atoms with van der Waals surface area (Å²) in [4.78, 5) is 23.6. The first-order valence-electron chi connectivity index (χ1n) is 13.8. The highest BCUT2D eigenvalue weighted by molar-refractivity contribution is 5.68. The van der Waals surface area contributed by atoms with Gasteiger partial charge in [-0.25, -0.2) is 9.59 Å². The second-order valence-corrected chi connectivity index (χ2v) is 10.0. The monoisotopic (exact) mass is 547 g/mol. The van der Waals surface area contributed by atoms with Gasteiger partial charge in [-0.2, -0.15) is 0 Å². The summed E-state index contributed by atoms with van der Waals surface area (Å²) in [5.74, 6) is 0.257. The lowest BCUT2D eigenvalue weighted by atomic mass is 10.0. The summed E-state index contributed by atoms with van der Waals surface area (Å²) in [5.41, 5.74) is 5.38. The Hall–Kier alpha value is -1.74. The molecule has 0 saturated carbocycles. The van der Waals surface area contributed by atoms with Crippen molar-refractivity contribution in [2.24, 2.45) is 17.6 Å². The maximum absolute atomic E-state index is 11.8. The Morgan fingerprint density at radius 3 is 1.63 bits per heavy atom. The van der Waals surface area contributed by atoms with Gasteiger partial charge in [0.2, 0.25) is 0 Å². The van der Waals surface area contributed by atoms with Gasteiger partial charge in [-0.1, -0.05) is 20.8 Å². The highest BCUT2D eigenvalue weighted by Gasteiger charge is 2.45. The van der Waals surface area contributed by atoms with Crippen LogP contribution in [0.15, 0.2) is 0 Å². The zero-order valence-electron chi connectivity index (χ0n) is 22.6. The molecule has 0 aromatic heterocycles. The van der Waals surface area contributed by atoms with E-state index < -0.39 is 30.4 Å². The predicted molar refractivity (Wildman–Crippen MR) is 134 cm³/mol. The van der Waals surface area contributed by atoms with Crippen LogP contribution in [0.25, 0.3) is 0 Å². The SMILES string of the molecule is CC[C@@H](O)[C@H](CC)NC(=O)O[C@H]1CO[C@H]2OCC[C@H]21.CC[C@H](NC(=O)O[C@H]1CO[C@H]2OCC[C@H]21)[C@H](O)CN. The van der Waals surface area contributed by atoms with Gasteiger partial charge >= 0.3 is 12.2 Å². The van der Waals surface area contributed by atoms with Crippen LogP contribution in [0.4, 0.5) is 9.59 Å². The van der Waals surface area contributed by atoms with Gasteiger partial charge in [0.25, 0.3) is 0 Å². The Morgan fingerprint density at radius 1 is 0.789 bits per heavy atom. The summed E-state index contributed by atoms with van der Waals surface area (Å²) in [7, 11) is 0. The third kappa shape index (κ3) is 8.13. The summed E-state index contributed by atoms with van der Waals surface area (Å²) in [6.07, 6.45) is 0.233. The predicted octanol–water partition coefficient (Wildman–Crippen LogP) is 0.596. The zero-order chi connectivity index (χ0) is 27.7. The van der Waals surface area contributed by atoms with Crippen molar-refractivity contribution in [2.45, 2.75) is 102 Å². The fourth-order valence-electron chi connectivity index (χ4n) is 5.13. The lowest BCUT2D eigenvalue weighted by Gasteiger charge is -2.23. The van der Waals surface area contributed by atoms with Crippen LogP contribution in [0.5, 0.6) is 0 Å². The molecule has 4 heterocycles. The number of aliphatic hydroxyl groups excluding tert-OH is 2. The molecule has 0 aliphatic carbocycles. The maximum Gasteiger partial charge on any atom is 0.407 e. The molecule has 4 aliphatic heterocycles. The molecule has 0 aromatic carbocycles. The fraction of sp³-hybridized carbons (Fsp3) is 0.920. The van der Waals surface area contributed by atoms with Gasteiger partial charge in [-0.05, 0) is 32.1 Å². The molecule has 0 bridgehead atoms. The third-order valence-corrected chi connectivity index (χ3v) is 7.56. The van der Waals surface area contributed by atoms with Crippen molar-refractivity contribution < 1.29 is 48.2 Å². The summed E-state index contributed by atoms with van der Waals surface area (Å²) in [6, 6.07) is -0.661. The van der Waals surface area contributed by atoms with Crippen molar-refractivity contribution in [3.8, 4) is 0 Å². The number of amides is 2. The molecule has 4 aliphatic rings. The van der Waals surface area contributed by atoms with E-state index in [1.54, 1.807) is 0 Å². The van der Waals surface area contributed by atoms with E-state index in [0.29, 0.717) is 45.7 Å². The molecule has 220 valence electrons. The van der Waals surface area contributed by atoms with E-state index in [-0.39, 0.29) is 49.2 Å². The lowest BCUT2D eigenvalue weighted by Crippen LogP contribution is -2.47. The molecular weight excluding hydrogens is 502 g/mol.